The van der Waals surface area contributed by atoms with E-state index in [4.69, 9.17) is 4.52 Å². The summed E-state index contributed by atoms with van der Waals surface area (Å²) in [5, 5.41) is 0. The molecule has 1 aromatic carbocycles. The van der Waals surface area contributed by atoms with Gasteiger partial charge in [-0.25, -0.2) is 4.57 Å². The van der Waals surface area contributed by atoms with Gasteiger partial charge in [0.1, 0.15) is 5.75 Å². The lowest BCUT2D eigenvalue weighted by atomic mass is 10.2. The molecule has 1 atom stereocenters. The van der Waals surface area contributed by atoms with Gasteiger partial charge in [0.25, 0.3) is 0 Å². The third kappa shape index (κ3) is 6.44. The summed E-state index contributed by atoms with van der Waals surface area (Å²) in [6.07, 6.45) is 4.69. The van der Waals surface area contributed by atoms with Crippen LogP contribution >= 0.6 is 7.60 Å². The molecule has 114 valence electrons. The smallest absolute Gasteiger partial charge is 0.373 e. The van der Waals surface area contributed by atoms with Crippen molar-refractivity contribution in [3.05, 3.63) is 24.3 Å². The lowest BCUT2D eigenvalue weighted by molar-refractivity contribution is 0.387. The molecule has 0 radical (unpaired) electrons. The Bertz CT molecular complexity index is 419. The van der Waals surface area contributed by atoms with Crippen LogP contribution < -0.4 is 9.42 Å². The van der Waals surface area contributed by atoms with E-state index < -0.39 is 7.60 Å². The second-order valence-electron chi connectivity index (χ2n) is 5.08. The standard InChI is InChI=1S/C15H26NO3P/c1-4-6-12-16(13-7-5-2)14-8-10-15(11-9-14)19-20(3,17)18/h8-11H,4-7,12-13H2,1-3H3,(H,17,18). The van der Waals surface area contributed by atoms with E-state index in [1.165, 1.54) is 32.3 Å². The summed E-state index contributed by atoms with van der Waals surface area (Å²) < 4.78 is 16.2. The topological polar surface area (TPSA) is 49.8 Å². The number of nitrogens with zero attached hydrogens (tertiary/aromatic N) is 1. The summed E-state index contributed by atoms with van der Waals surface area (Å²) in [4.78, 5) is 11.6. The fraction of sp³-hybridized carbons (Fsp3) is 0.600. The molecule has 0 aliphatic heterocycles. The molecule has 1 N–H and O–H groups in total. The Labute approximate surface area is 122 Å². The highest BCUT2D eigenvalue weighted by Gasteiger charge is 2.12. The minimum atomic E-state index is -3.48. The molecule has 0 saturated heterocycles. The number of hydrogen-bond donors (Lipinski definition) is 1. The molecule has 0 heterocycles. The lowest BCUT2D eigenvalue weighted by Gasteiger charge is -2.25. The molecular weight excluding hydrogens is 273 g/mol. The first-order chi connectivity index (χ1) is 9.46. The SMILES string of the molecule is CCCCN(CCCC)c1ccc(OP(C)(=O)O)cc1. The Morgan fingerprint density at radius 1 is 1.10 bits per heavy atom. The van der Waals surface area contributed by atoms with Gasteiger partial charge in [0.05, 0.1) is 0 Å². The summed E-state index contributed by atoms with van der Waals surface area (Å²) >= 11 is 0. The normalized spacial score (nSPS) is 13.8. The highest BCUT2D eigenvalue weighted by molar-refractivity contribution is 7.52. The summed E-state index contributed by atoms with van der Waals surface area (Å²) in [5.41, 5.74) is 1.14. The first-order valence-corrected chi connectivity index (χ1v) is 9.33. The molecule has 0 fully saturated rings. The van der Waals surface area contributed by atoms with Gasteiger partial charge in [-0.15, -0.1) is 0 Å². The molecule has 1 rings (SSSR count). The molecule has 0 bridgehead atoms. The average molecular weight is 299 g/mol. The lowest BCUT2D eigenvalue weighted by Crippen LogP contribution is -2.25. The third-order valence-electron chi connectivity index (χ3n) is 3.04. The van der Waals surface area contributed by atoms with Crippen molar-refractivity contribution in [2.45, 2.75) is 39.5 Å². The zero-order valence-corrected chi connectivity index (χ0v) is 13.6. The van der Waals surface area contributed by atoms with Crippen LogP contribution in [0.25, 0.3) is 0 Å². The number of rotatable bonds is 9. The molecule has 1 unspecified atom stereocenters. The van der Waals surface area contributed by atoms with Crippen LogP contribution in [-0.4, -0.2) is 24.6 Å². The summed E-state index contributed by atoms with van der Waals surface area (Å²) in [5.74, 6) is 0.438. The monoisotopic (exact) mass is 299 g/mol. The van der Waals surface area contributed by atoms with Crippen LogP contribution in [-0.2, 0) is 4.57 Å². The van der Waals surface area contributed by atoms with E-state index in [9.17, 15) is 9.46 Å². The second-order valence-corrected chi connectivity index (χ2v) is 6.87. The molecule has 0 aromatic heterocycles. The quantitative estimate of drug-likeness (QED) is 0.691. The van der Waals surface area contributed by atoms with Crippen molar-refractivity contribution < 1.29 is 14.0 Å². The molecule has 0 spiro atoms. The molecular formula is C15H26NO3P. The van der Waals surface area contributed by atoms with Gasteiger partial charge in [-0.05, 0) is 37.1 Å². The second kappa shape index (κ2) is 8.33. The summed E-state index contributed by atoms with van der Waals surface area (Å²) in [6, 6.07) is 7.42. The van der Waals surface area contributed by atoms with Crippen molar-refractivity contribution in [1.82, 2.24) is 0 Å². The first kappa shape index (κ1) is 17.1. The summed E-state index contributed by atoms with van der Waals surface area (Å²) in [6.45, 7) is 7.66. The number of anilines is 1. The van der Waals surface area contributed by atoms with Gasteiger partial charge in [-0.1, -0.05) is 26.7 Å². The Hall–Kier alpha value is -0.990. The van der Waals surface area contributed by atoms with Crippen LogP contribution in [0.3, 0.4) is 0 Å². The molecule has 0 amide bonds. The molecule has 20 heavy (non-hydrogen) atoms. The van der Waals surface area contributed by atoms with Crippen LogP contribution in [0.1, 0.15) is 39.5 Å². The zero-order chi connectivity index (χ0) is 15.0. The van der Waals surface area contributed by atoms with E-state index in [1.54, 1.807) is 12.1 Å². The molecule has 4 nitrogen and oxygen atoms in total. The highest BCUT2D eigenvalue weighted by Crippen LogP contribution is 2.38. The Kier molecular flexibility index (Phi) is 7.11. The Balaban J connectivity index is 2.73. The average Bonchev–Trinajstić information content (AvgIpc) is 2.38. The van der Waals surface area contributed by atoms with Crippen LogP contribution in [0.5, 0.6) is 5.75 Å². The van der Waals surface area contributed by atoms with Gasteiger partial charge in [0, 0.05) is 25.4 Å². The van der Waals surface area contributed by atoms with Gasteiger partial charge >= 0.3 is 7.60 Å². The predicted octanol–water partition coefficient (Wildman–Crippen LogP) is 4.29. The number of hydrogen-bond acceptors (Lipinski definition) is 3. The van der Waals surface area contributed by atoms with E-state index in [-0.39, 0.29) is 0 Å². The van der Waals surface area contributed by atoms with Gasteiger partial charge in [0.2, 0.25) is 0 Å². The van der Waals surface area contributed by atoms with Crippen LogP contribution in [0.4, 0.5) is 5.69 Å². The van der Waals surface area contributed by atoms with E-state index in [0.717, 1.165) is 18.8 Å². The van der Waals surface area contributed by atoms with E-state index in [1.807, 2.05) is 12.1 Å². The van der Waals surface area contributed by atoms with Crippen molar-refractivity contribution >= 4 is 13.3 Å². The van der Waals surface area contributed by atoms with E-state index in [2.05, 4.69) is 18.7 Å². The van der Waals surface area contributed by atoms with Crippen molar-refractivity contribution in [3.8, 4) is 5.75 Å². The Morgan fingerprint density at radius 3 is 2.00 bits per heavy atom. The highest BCUT2D eigenvalue weighted by atomic mass is 31.2. The molecule has 1 aromatic rings. The molecule has 0 aliphatic rings. The van der Waals surface area contributed by atoms with E-state index >= 15 is 0 Å². The number of benzene rings is 1. The van der Waals surface area contributed by atoms with Crippen molar-refractivity contribution in [3.63, 3.8) is 0 Å². The first-order valence-electron chi connectivity index (χ1n) is 7.31. The maximum atomic E-state index is 11.2. The van der Waals surface area contributed by atoms with Gasteiger partial charge < -0.3 is 14.3 Å². The van der Waals surface area contributed by atoms with Crippen molar-refractivity contribution in [2.24, 2.45) is 0 Å². The molecule has 0 saturated carbocycles. The maximum absolute atomic E-state index is 11.2. The van der Waals surface area contributed by atoms with E-state index in [0.29, 0.717) is 5.75 Å². The molecule has 0 aliphatic carbocycles. The summed E-state index contributed by atoms with van der Waals surface area (Å²) in [7, 11) is -3.48. The molecule has 5 heteroatoms. The van der Waals surface area contributed by atoms with Crippen molar-refractivity contribution in [1.29, 1.82) is 0 Å². The van der Waals surface area contributed by atoms with Crippen molar-refractivity contribution in [2.75, 3.05) is 24.7 Å². The minimum Gasteiger partial charge on any atom is -0.425 e. The van der Waals surface area contributed by atoms with Gasteiger partial charge in [0.15, 0.2) is 0 Å². The van der Waals surface area contributed by atoms with Gasteiger partial charge in [-0.3, -0.25) is 0 Å². The van der Waals surface area contributed by atoms with Crippen LogP contribution in [0.15, 0.2) is 24.3 Å². The maximum Gasteiger partial charge on any atom is 0.373 e. The fourth-order valence-electron chi connectivity index (χ4n) is 1.98. The fourth-order valence-corrected chi connectivity index (χ4v) is 2.49. The predicted molar refractivity (Wildman–Crippen MR) is 84.8 cm³/mol. The zero-order valence-electron chi connectivity index (χ0n) is 12.7. The Morgan fingerprint density at radius 2 is 1.60 bits per heavy atom. The number of unbranched alkanes of at least 4 members (excludes halogenated alkanes) is 2. The van der Waals surface area contributed by atoms with Crippen LogP contribution in [0, 0.1) is 0 Å². The minimum absolute atomic E-state index is 0.438. The van der Waals surface area contributed by atoms with Crippen LogP contribution in [0.2, 0.25) is 0 Å². The van der Waals surface area contributed by atoms with Gasteiger partial charge in [-0.2, -0.15) is 0 Å². The third-order valence-corrected chi connectivity index (χ3v) is 3.59. The largest absolute Gasteiger partial charge is 0.425 e.